The quantitative estimate of drug-likeness (QED) is 0.810. The third-order valence-electron chi connectivity index (χ3n) is 5.64. The Labute approximate surface area is 179 Å². The van der Waals surface area contributed by atoms with Crippen LogP contribution in [0.5, 0.6) is 11.5 Å². The zero-order valence-electron chi connectivity index (χ0n) is 17.0. The van der Waals surface area contributed by atoms with E-state index >= 15 is 0 Å². The Hall–Kier alpha value is -2.95. The van der Waals surface area contributed by atoms with Crippen molar-refractivity contribution >= 4 is 17.7 Å². The fourth-order valence-corrected chi connectivity index (χ4v) is 5.40. The standard InChI is InChI=1S/C23H22N2O4S/c1-14-4-6-15(7-5-14)23(27)13-30-22-19(12-24)17(11-21(26)25(22)23)18-10-16(28-2)8-9-20(18)29-3/h4-10,17,27H,11,13H2,1-3H3/t17-,23-/m0/s1. The number of hydrogen-bond donors (Lipinski definition) is 1. The second-order valence-corrected chi connectivity index (χ2v) is 8.36. The van der Waals surface area contributed by atoms with Crippen molar-refractivity contribution in [2.45, 2.75) is 25.0 Å². The van der Waals surface area contributed by atoms with Gasteiger partial charge in [0.05, 0.1) is 36.6 Å². The molecular formula is C23H22N2O4S. The molecule has 0 saturated carbocycles. The number of nitriles is 1. The second-order valence-electron chi connectivity index (χ2n) is 7.40. The number of thioether (sulfide) groups is 1. The summed E-state index contributed by atoms with van der Waals surface area (Å²) < 4.78 is 10.8. The number of carbonyl (C=O) groups is 1. The van der Waals surface area contributed by atoms with Gasteiger partial charge in [-0.3, -0.25) is 9.69 Å². The van der Waals surface area contributed by atoms with Gasteiger partial charge in [-0.05, 0) is 25.1 Å². The molecule has 30 heavy (non-hydrogen) atoms. The minimum atomic E-state index is -1.48. The molecule has 2 heterocycles. The molecule has 2 atom stereocenters. The van der Waals surface area contributed by atoms with Gasteiger partial charge in [0, 0.05) is 23.5 Å². The van der Waals surface area contributed by atoms with E-state index in [1.165, 1.54) is 16.7 Å². The van der Waals surface area contributed by atoms with Crippen LogP contribution in [0.1, 0.15) is 29.0 Å². The predicted molar refractivity (Wildman–Crippen MR) is 114 cm³/mol. The summed E-state index contributed by atoms with van der Waals surface area (Å²) in [4.78, 5) is 14.7. The Balaban J connectivity index is 1.83. The number of aryl methyl sites for hydroxylation is 1. The summed E-state index contributed by atoms with van der Waals surface area (Å²) in [5.41, 5.74) is 1.40. The summed E-state index contributed by atoms with van der Waals surface area (Å²) in [6.45, 7) is 1.97. The van der Waals surface area contributed by atoms with Gasteiger partial charge in [0.15, 0.2) is 5.72 Å². The SMILES string of the molecule is COc1ccc(OC)c([C@@H]2CC(=O)N3C(=C2C#N)SC[C@]3(O)c2ccc(C)cc2)c1. The highest BCUT2D eigenvalue weighted by Crippen LogP contribution is 2.52. The Morgan fingerprint density at radius 3 is 2.57 bits per heavy atom. The second kappa shape index (κ2) is 7.71. The van der Waals surface area contributed by atoms with Crippen molar-refractivity contribution in [2.24, 2.45) is 0 Å². The van der Waals surface area contributed by atoms with Gasteiger partial charge in [0.1, 0.15) is 11.5 Å². The van der Waals surface area contributed by atoms with Crippen LogP contribution in [0.3, 0.4) is 0 Å². The van der Waals surface area contributed by atoms with Crippen LogP contribution in [-0.2, 0) is 10.5 Å². The van der Waals surface area contributed by atoms with E-state index in [1.54, 1.807) is 32.4 Å². The van der Waals surface area contributed by atoms with Crippen LogP contribution in [0.15, 0.2) is 53.1 Å². The van der Waals surface area contributed by atoms with Crippen LogP contribution in [0, 0.1) is 18.3 Å². The van der Waals surface area contributed by atoms with Crippen molar-refractivity contribution in [2.75, 3.05) is 20.0 Å². The number of carbonyl (C=O) groups excluding carboxylic acids is 1. The summed E-state index contributed by atoms with van der Waals surface area (Å²) in [5.74, 6) is 0.786. The monoisotopic (exact) mass is 422 g/mol. The average molecular weight is 423 g/mol. The van der Waals surface area contributed by atoms with E-state index in [1.807, 2.05) is 31.2 Å². The lowest BCUT2D eigenvalue weighted by atomic mass is 9.84. The van der Waals surface area contributed by atoms with Crippen LogP contribution in [0.2, 0.25) is 0 Å². The lowest BCUT2D eigenvalue weighted by Crippen LogP contribution is -2.48. The van der Waals surface area contributed by atoms with Gasteiger partial charge in [0.2, 0.25) is 5.91 Å². The number of rotatable bonds is 4. The minimum Gasteiger partial charge on any atom is -0.497 e. The lowest BCUT2D eigenvalue weighted by Gasteiger charge is -2.38. The maximum Gasteiger partial charge on any atom is 0.231 e. The molecule has 0 aliphatic carbocycles. The van der Waals surface area contributed by atoms with Crippen LogP contribution >= 0.6 is 11.8 Å². The Morgan fingerprint density at radius 1 is 1.20 bits per heavy atom. The molecule has 1 amide bonds. The summed E-state index contributed by atoms with van der Waals surface area (Å²) in [6.07, 6.45) is 0.0602. The number of hydrogen-bond acceptors (Lipinski definition) is 6. The molecule has 7 heteroatoms. The smallest absolute Gasteiger partial charge is 0.231 e. The first-order valence-electron chi connectivity index (χ1n) is 9.54. The molecule has 2 aromatic rings. The van der Waals surface area contributed by atoms with E-state index in [4.69, 9.17) is 9.47 Å². The summed E-state index contributed by atoms with van der Waals surface area (Å²) in [5, 5.41) is 22.0. The van der Waals surface area contributed by atoms with Crippen molar-refractivity contribution in [1.29, 1.82) is 5.26 Å². The van der Waals surface area contributed by atoms with E-state index < -0.39 is 11.6 Å². The zero-order chi connectivity index (χ0) is 21.5. The summed E-state index contributed by atoms with van der Waals surface area (Å²) in [7, 11) is 3.12. The molecule has 154 valence electrons. The lowest BCUT2D eigenvalue weighted by molar-refractivity contribution is -0.149. The largest absolute Gasteiger partial charge is 0.497 e. The number of fused-ring (bicyclic) bond motifs is 1. The fraction of sp³-hybridized carbons (Fsp3) is 0.304. The van der Waals surface area contributed by atoms with E-state index in [9.17, 15) is 15.2 Å². The summed E-state index contributed by atoms with van der Waals surface area (Å²) >= 11 is 1.33. The topological polar surface area (TPSA) is 82.8 Å². The molecule has 0 spiro atoms. The van der Waals surface area contributed by atoms with Crippen molar-refractivity contribution in [3.8, 4) is 17.6 Å². The molecule has 0 radical (unpaired) electrons. The molecule has 0 unspecified atom stereocenters. The summed E-state index contributed by atoms with van der Waals surface area (Å²) in [6, 6.07) is 15.1. The van der Waals surface area contributed by atoms with Crippen molar-refractivity contribution in [3.05, 3.63) is 69.8 Å². The van der Waals surface area contributed by atoms with Crippen molar-refractivity contribution < 1.29 is 19.4 Å². The number of benzene rings is 2. The van der Waals surface area contributed by atoms with E-state index in [0.29, 0.717) is 27.7 Å². The van der Waals surface area contributed by atoms with Gasteiger partial charge in [-0.15, -0.1) is 11.8 Å². The highest BCUT2D eigenvalue weighted by molar-refractivity contribution is 8.03. The first-order valence-corrected chi connectivity index (χ1v) is 10.5. The molecule has 2 aromatic carbocycles. The fourth-order valence-electron chi connectivity index (χ4n) is 4.04. The molecular weight excluding hydrogens is 400 g/mol. The Kier molecular flexibility index (Phi) is 5.22. The van der Waals surface area contributed by atoms with Crippen LogP contribution < -0.4 is 9.47 Å². The average Bonchev–Trinajstić information content (AvgIpc) is 3.12. The van der Waals surface area contributed by atoms with Gasteiger partial charge in [-0.2, -0.15) is 5.26 Å². The van der Waals surface area contributed by atoms with E-state index in [0.717, 1.165) is 11.1 Å². The minimum absolute atomic E-state index is 0.0602. The molecule has 2 aliphatic rings. The van der Waals surface area contributed by atoms with Crippen molar-refractivity contribution in [1.82, 2.24) is 4.90 Å². The Bertz CT molecular complexity index is 1070. The zero-order valence-corrected chi connectivity index (χ0v) is 17.8. The number of ether oxygens (including phenoxy) is 2. The third-order valence-corrected chi connectivity index (χ3v) is 6.86. The van der Waals surface area contributed by atoms with Gasteiger partial charge in [-0.25, -0.2) is 0 Å². The maximum atomic E-state index is 13.3. The molecule has 2 aliphatic heterocycles. The molecule has 1 fully saturated rings. The highest BCUT2D eigenvalue weighted by atomic mass is 32.2. The van der Waals surface area contributed by atoms with Gasteiger partial charge in [0.25, 0.3) is 0 Å². The predicted octanol–water partition coefficient (Wildman–Crippen LogP) is 3.66. The van der Waals surface area contributed by atoms with Gasteiger partial charge < -0.3 is 14.6 Å². The molecule has 6 nitrogen and oxygen atoms in total. The maximum absolute atomic E-state index is 13.3. The van der Waals surface area contributed by atoms with Gasteiger partial charge in [-0.1, -0.05) is 29.8 Å². The van der Waals surface area contributed by atoms with Crippen LogP contribution in [0.4, 0.5) is 0 Å². The van der Waals surface area contributed by atoms with E-state index in [2.05, 4.69) is 6.07 Å². The van der Waals surface area contributed by atoms with E-state index in [-0.39, 0.29) is 18.1 Å². The number of nitrogens with zero attached hydrogens (tertiary/aromatic N) is 2. The van der Waals surface area contributed by atoms with Crippen LogP contribution in [-0.4, -0.2) is 35.9 Å². The first-order chi connectivity index (χ1) is 14.4. The number of amides is 1. The Morgan fingerprint density at radius 2 is 1.93 bits per heavy atom. The van der Waals surface area contributed by atoms with Gasteiger partial charge >= 0.3 is 0 Å². The molecule has 4 rings (SSSR count). The number of methoxy groups -OCH3 is 2. The highest BCUT2D eigenvalue weighted by Gasteiger charge is 2.52. The number of allylic oxidation sites excluding steroid dienone is 1. The molecule has 1 saturated heterocycles. The molecule has 0 aromatic heterocycles. The number of aliphatic hydroxyl groups is 1. The van der Waals surface area contributed by atoms with Crippen molar-refractivity contribution in [3.63, 3.8) is 0 Å². The normalized spacial score (nSPS) is 23.2. The molecule has 0 bridgehead atoms. The third kappa shape index (κ3) is 3.13. The first kappa shape index (κ1) is 20.3. The molecule has 1 N–H and O–H groups in total. The van der Waals surface area contributed by atoms with Crippen LogP contribution in [0.25, 0.3) is 0 Å².